The Morgan fingerprint density at radius 1 is 1.15 bits per heavy atom. The minimum atomic E-state index is -0.514. The van der Waals surface area contributed by atoms with E-state index in [0.29, 0.717) is 31.9 Å². The lowest BCUT2D eigenvalue weighted by atomic mass is 9.88. The molecular weight excluding hydrogens is 339 g/mol. The van der Waals surface area contributed by atoms with Crippen molar-refractivity contribution in [2.45, 2.75) is 38.0 Å². The molecule has 4 aliphatic rings. The molecular formula is C19H23FN2O4. The second-order valence-electron chi connectivity index (χ2n) is 7.36. The van der Waals surface area contributed by atoms with Gasteiger partial charge in [-0.25, -0.2) is 4.39 Å². The number of ether oxygens (including phenoxy) is 1. The van der Waals surface area contributed by atoms with E-state index in [4.69, 9.17) is 4.74 Å². The number of fused-ring (bicyclic) bond motifs is 3. The molecule has 0 saturated carbocycles. The molecule has 26 heavy (non-hydrogen) atoms. The Labute approximate surface area is 151 Å². The van der Waals surface area contributed by atoms with Crippen LogP contribution in [0.4, 0.5) is 4.39 Å². The molecule has 4 heterocycles. The highest BCUT2D eigenvalue weighted by molar-refractivity contribution is 5.95. The van der Waals surface area contributed by atoms with Crippen molar-refractivity contribution in [3.8, 4) is 0 Å². The summed E-state index contributed by atoms with van der Waals surface area (Å²) in [4.78, 5) is 29.4. The summed E-state index contributed by atoms with van der Waals surface area (Å²) >= 11 is 0. The fourth-order valence-corrected chi connectivity index (χ4v) is 4.31. The van der Waals surface area contributed by atoms with Crippen LogP contribution in [-0.2, 0) is 16.1 Å². The zero-order chi connectivity index (χ0) is 18.3. The number of hydrogen-bond acceptors (Lipinski definition) is 4. The van der Waals surface area contributed by atoms with E-state index in [-0.39, 0.29) is 35.4 Å². The monoisotopic (exact) mass is 362 g/mol. The number of nitrogens with zero attached hydrogens (tertiary/aromatic N) is 2. The number of piperazine rings is 1. The van der Waals surface area contributed by atoms with Crippen molar-refractivity contribution in [3.05, 3.63) is 35.1 Å². The zero-order valence-corrected chi connectivity index (χ0v) is 14.6. The molecule has 7 heteroatoms. The second kappa shape index (κ2) is 6.96. The van der Waals surface area contributed by atoms with Gasteiger partial charge in [0.2, 0.25) is 5.91 Å². The van der Waals surface area contributed by atoms with Crippen molar-refractivity contribution in [1.29, 1.82) is 0 Å². The first kappa shape index (κ1) is 17.4. The number of aliphatic hydroxyl groups excluding tert-OH is 1. The van der Waals surface area contributed by atoms with E-state index in [1.165, 1.54) is 18.2 Å². The Hall–Kier alpha value is -1.99. The topological polar surface area (TPSA) is 70.1 Å². The zero-order valence-electron chi connectivity index (χ0n) is 14.6. The molecule has 2 unspecified atom stereocenters. The average Bonchev–Trinajstić information content (AvgIpc) is 3.22. The fraction of sp³-hybridized carbons (Fsp3) is 0.579. The molecule has 5 rings (SSSR count). The van der Waals surface area contributed by atoms with Gasteiger partial charge in [0, 0.05) is 42.9 Å². The Bertz CT molecular complexity index is 719. The summed E-state index contributed by atoms with van der Waals surface area (Å²) in [7, 11) is 0. The van der Waals surface area contributed by atoms with Crippen LogP contribution in [0.3, 0.4) is 0 Å². The summed E-state index contributed by atoms with van der Waals surface area (Å²) in [5, 5.41) is 9.22. The maximum Gasteiger partial charge on any atom is 0.254 e. The number of amides is 2. The Kier molecular flexibility index (Phi) is 4.67. The van der Waals surface area contributed by atoms with Gasteiger partial charge in [0.1, 0.15) is 5.82 Å². The van der Waals surface area contributed by atoms with Crippen molar-refractivity contribution in [1.82, 2.24) is 9.80 Å². The molecule has 4 fully saturated rings. The molecule has 0 radical (unpaired) electrons. The molecule has 3 atom stereocenters. The van der Waals surface area contributed by atoms with Crippen LogP contribution in [0.15, 0.2) is 18.2 Å². The van der Waals surface area contributed by atoms with Crippen molar-refractivity contribution >= 4 is 11.8 Å². The molecule has 4 saturated heterocycles. The summed E-state index contributed by atoms with van der Waals surface area (Å²) in [5.74, 6) is -0.582. The van der Waals surface area contributed by atoms with Crippen LogP contribution in [0, 0.1) is 11.7 Å². The molecule has 1 N–H and O–H groups in total. The molecule has 1 aromatic rings. The van der Waals surface area contributed by atoms with Crippen LogP contribution in [0.1, 0.15) is 35.2 Å². The predicted octanol–water partition coefficient (Wildman–Crippen LogP) is 1.17. The van der Waals surface area contributed by atoms with Gasteiger partial charge >= 0.3 is 0 Å². The van der Waals surface area contributed by atoms with E-state index < -0.39 is 12.4 Å². The summed E-state index contributed by atoms with van der Waals surface area (Å²) in [6.45, 7) is 1.76. The molecule has 0 aliphatic carbocycles. The van der Waals surface area contributed by atoms with Crippen molar-refractivity contribution in [3.63, 3.8) is 0 Å². The smallest absolute Gasteiger partial charge is 0.254 e. The number of hydrogen-bond donors (Lipinski definition) is 1. The number of carbonyl (C=O) groups excluding carboxylic acids is 2. The average molecular weight is 362 g/mol. The molecule has 2 bridgehead atoms. The molecule has 140 valence electrons. The maximum absolute atomic E-state index is 13.6. The molecule has 0 spiro atoms. The number of aliphatic hydroxyl groups is 1. The summed E-state index contributed by atoms with van der Waals surface area (Å²) < 4.78 is 18.9. The first-order valence-corrected chi connectivity index (χ1v) is 9.17. The third-order valence-electron chi connectivity index (χ3n) is 5.82. The highest BCUT2D eigenvalue weighted by Crippen LogP contribution is 2.32. The van der Waals surface area contributed by atoms with Gasteiger partial charge in [-0.2, -0.15) is 0 Å². The van der Waals surface area contributed by atoms with Gasteiger partial charge in [-0.05, 0) is 37.5 Å². The highest BCUT2D eigenvalue weighted by atomic mass is 19.1. The van der Waals surface area contributed by atoms with E-state index in [1.807, 2.05) is 4.90 Å². The van der Waals surface area contributed by atoms with Gasteiger partial charge in [0.25, 0.3) is 5.91 Å². The first-order chi connectivity index (χ1) is 12.6. The van der Waals surface area contributed by atoms with Gasteiger partial charge in [-0.3, -0.25) is 9.59 Å². The molecule has 2 amide bonds. The van der Waals surface area contributed by atoms with E-state index in [2.05, 4.69) is 0 Å². The van der Waals surface area contributed by atoms with Crippen LogP contribution >= 0.6 is 0 Å². The number of carbonyl (C=O) groups is 2. The molecule has 1 aromatic carbocycles. The second-order valence-corrected chi connectivity index (χ2v) is 7.36. The fourth-order valence-electron chi connectivity index (χ4n) is 4.31. The van der Waals surface area contributed by atoms with E-state index >= 15 is 0 Å². The van der Waals surface area contributed by atoms with Crippen molar-refractivity contribution in [2.75, 3.05) is 26.3 Å². The van der Waals surface area contributed by atoms with Gasteiger partial charge in [-0.1, -0.05) is 0 Å². The molecule has 6 nitrogen and oxygen atoms in total. The minimum absolute atomic E-state index is 0.0126. The third-order valence-corrected chi connectivity index (χ3v) is 5.82. The normalized spacial score (nSPS) is 27.8. The quantitative estimate of drug-likeness (QED) is 0.876. The number of rotatable bonds is 3. The van der Waals surface area contributed by atoms with Crippen molar-refractivity contribution < 1.29 is 23.8 Å². The van der Waals surface area contributed by atoms with Gasteiger partial charge in [-0.15, -0.1) is 0 Å². The van der Waals surface area contributed by atoms with Crippen molar-refractivity contribution in [2.24, 2.45) is 5.92 Å². The Morgan fingerprint density at radius 3 is 2.50 bits per heavy atom. The minimum Gasteiger partial charge on any atom is -0.392 e. The SMILES string of the molecule is O=C(c1ccc(F)c(CO)c1)N1CC2CCC1CN2C(=O)[C@H]1CCOC1. The third kappa shape index (κ3) is 2.99. The largest absolute Gasteiger partial charge is 0.392 e. The highest BCUT2D eigenvalue weighted by Gasteiger charge is 2.44. The van der Waals surface area contributed by atoms with Crippen LogP contribution < -0.4 is 0 Å². The van der Waals surface area contributed by atoms with Crippen LogP contribution in [0.25, 0.3) is 0 Å². The lowest BCUT2D eigenvalue weighted by molar-refractivity contribution is -0.144. The van der Waals surface area contributed by atoms with Gasteiger partial charge < -0.3 is 19.6 Å². The number of piperidine rings is 2. The predicted molar refractivity (Wildman–Crippen MR) is 90.8 cm³/mol. The first-order valence-electron chi connectivity index (χ1n) is 9.17. The summed E-state index contributed by atoms with van der Waals surface area (Å²) in [5.41, 5.74) is 0.501. The molecule has 0 aromatic heterocycles. The number of benzene rings is 1. The van der Waals surface area contributed by atoms with Crippen LogP contribution in [0.5, 0.6) is 0 Å². The summed E-state index contributed by atoms with van der Waals surface area (Å²) in [6, 6.07) is 4.12. The Morgan fingerprint density at radius 2 is 1.88 bits per heavy atom. The molecule has 4 aliphatic heterocycles. The standard InChI is InChI=1S/C19H23FN2O4/c20-17-4-1-12(7-14(17)10-23)18(24)21-8-16-3-2-15(21)9-22(16)19(25)13-5-6-26-11-13/h1,4,7,13,15-16,23H,2-3,5-6,8-11H2/t13-,15?,16?/m0/s1. The van der Waals surface area contributed by atoms with Crippen LogP contribution in [-0.4, -0.2) is 65.1 Å². The van der Waals surface area contributed by atoms with E-state index in [0.717, 1.165) is 19.3 Å². The maximum atomic E-state index is 13.6. The summed E-state index contributed by atoms with van der Waals surface area (Å²) in [6.07, 6.45) is 2.54. The lowest BCUT2D eigenvalue weighted by Crippen LogP contribution is -2.65. The van der Waals surface area contributed by atoms with E-state index in [9.17, 15) is 19.1 Å². The van der Waals surface area contributed by atoms with Crippen LogP contribution in [0.2, 0.25) is 0 Å². The van der Waals surface area contributed by atoms with E-state index in [1.54, 1.807) is 4.90 Å². The number of halogens is 1. The Balaban J connectivity index is 1.49. The van der Waals surface area contributed by atoms with Gasteiger partial charge in [0.15, 0.2) is 0 Å². The van der Waals surface area contributed by atoms with Gasteiger partial charge in [0.05, 0.1) is 19.1 Å². The lowest BCUT2D eigenvalue weighted by Gasteiger charge is -2.52.